The third-order valence-corrected chi connectivity index (χ3v) is 4.75. The number of nitriles is 1. The molecule has 0 N–H and O–H groups in total. The largest absolute Gasteiger partial charge is 0.379 e. The highest BCUT2D eigenvalue weighted by atomic mass is 35.5. The summed E-state index contributed by atoms with van der Waals surface area (Å²) in [5, 5.41) is 9.84. The van der Waals surface area contributed by atoms with Gasteiger partial charge in [0.2, 0.25) is 5.91 Å². The molecule has 0 spiro atoms. The molecule has 6 nitrogen and oxygen atoms in total. The van der Waals surface area contributed by atoms with Gasteiger partial charge in [-0.25, -0.2) is 0 Å². The van der Waals surface area contributed by atoms with Crippen LogP contribution in [0.3, 0.4) is 0 Å². The quantitative estimate of drug-likeness (QED) is 0.821. The Morgan fingerprint density at radius 1 is 1.17 bits per heavy atom. The average molecular weight is 349 g/mol. The molecule has 2 aliphatic rings. The van der Waals surface area contributed by atoms with Gasteiger partial charge in [-0.2, -0.15) is 5.26 Å². The van der Waals surface area contributed by atoms with Crippen LogP contribution in [-0.4, -0.2) is 74.7 Å². The lowest BCUT2D eigenvalue weighted by Crippen LogP contribution is -2.52. The number of piperazine rings is 1. The Morgan fingerprint density at radius 2 is 1.88 bits per heavy atom. The van der Waals surface area contributed by atoms with E-state index in [-0.39, 0.29) is 5.91 Å². The van der Waals surface area contributed by atoms with Crippen molar-refractivity contribution >= 4 is 23.2 Å². The van der Waals surface area contributed by atoms with Crippen LogP contribution in [0, 0.1) is 11.3 Å². The first-order valence-corrected chi connectivity index (χ1v) is 8.57. The van der Waals surface area contributed by atoms with E-state index in [0.717, 1.165) is 31.9 Å². The number of carbonyl (C=O) groups is 1. The first-order chi connectivity index (χ1) is 11.7. The maximum atomic E-state index is 12.4. The van der Waals surface area contributed by atoms with E-state index in [4.69, 9.17) is 16.3 Å². The van der Waals surface area contributed by atoms with Gasteiger partial charge < -0.3 is 14.5 Å². The minimum atomic E-state index is 0.174. The van der Waals surface area contributed by atoms with Gasteiger partial charge in [0.05, 0.1) is 31.0 Å². The van der Waals surface area contributed by atoms with Crippen LogP contribution in [0.25, 0.3) is 0 Å². The molecule has 0 aliphatic carbocycles. The summed E-state index contributed by atoms with van der Waals surface area (Å²) in [6.45, 7) is 6.32. The second-order valence-electron chi connectivity index (χ2n) is 6.03. The minimum absolute atomic E-state index is 0.174. The smallest absolute Gasteiger partial charge is 0.236 e. The number of rotatable bonds is 3. The summed E-state index contributed by atoms with van der Waals surface area (Å²) in [5.74, 6) is 0.174. The van der Waals surface area contributed by atoms with Crippen LogP contribution in [0.4, 0.5) is 5.69 Å². The lowest BCUT2D eigenvalue weighted by atomic mass is 10.1. The van der Waals surface area contributed by atoms with E-state index in [9.17, 15) is 10.1 Å². The molecule has 1 aromatic carbocycles. The molecule has 1 aromatic rings. The summed E-state index contributed by atoms with van der Waals surface area (Å²) >= 11 is 5.96. The number of nitrogens with zero attached hydrogens (tertiary/aromatic N) is 4. The zero-order valence-corrected chi connectivity index (χ0v) is 14.3. The number of hydrogen-bond donors (Lipinski definition) is 0. The Balaban J connectivity index is 1.56. The second kappa shape index (κ2) is 7.84. The van der Waals surface area contributed by atoms with E-state index in [0.29, 0.717) is 43.4 Å². The third kappa shape index (κ3) is 3.99. The van der Waals surface area contributed by atoms with Crippen molar-refractivity contribution in [3.63, 3.8) is 0 Å². The molecule has 0 saturated carbocycles. The number of benzene rings is 1. The summed E-state index contributed by atoms with van der Waals surface area (Å²) in [7, 11) is 0. The van der Waals surface area contributed by atoms with E-state index in [1.807, 2.05) is 11.0 Å². The molecular formula is C17H21ClN4O2. The Kier molecular flexibility index (Phi) is 5.56. The van der Waals surface area contributed by atoms with E-state index < -0.39 is 0 Å². The maximum absolute atomic E-state index is 12.4. The third-order valence-electron chi connectivity index (χ3n) is 4.51. The van der Waals surface area contributed by atoms with Crippen LogP contribution in [0.15, 0.2) is 18.2 Å². The van der Waals surface area contributed by atoms with Crippen LogP contribution >= 0.6 is 11.6 Å². The topological polar surface area (TPSA) is 59.8 Å². The summed E-state index contributed by atoms with van der Waals surface area (Å²) in [5.41, 5.74) is 1.47. The molecule has 7 heteroatoms. The summed E-state index contributed by atoms with van der Waals surface area (Å²) < 4.78 is 5.31. The maximum Gasteiger partial charge on any atom is 0.236 e. The van der Waals surface area contributed by atoms with Crippen LogP contribution in [0.2, 0.25) is 5.02 Å². The van der Waals surface area contributed by atoms with E-state index >= 15 is 0 Å². The summed E-state index contributed by atoms with van der Waals surface area (Å²) in [6, 6.07) is 7.56. The molecule has 2 aliphatic heterocycles. The van der Waals surface area contributed by atoms with E-state index in [1.54, 1.807) is 12.1 Å². The summed E-state index contributed by atoms with van der Waals surface area (Å²) in [6.07, 6.45) is 0. The zero-order chi connectivity index (χ0) is 16.9. The Bertz CT molecular complexity index is 632. The van der Waals surface area contributed by atoms with Gasteiger partial charge in [0.1, 0.15) is 6.07 Å². The fraction of sp³-hybridized carbons (Fsp3) is 0.529. The van der Waals surface area contributed by atoms with E-state index in [1.165, 1.54) is 0 Å². The molecule has 128 valence electrons. The molecule has 24 heavy (non-hydrogen) atoms. The molecule has 1 amide bonds. The predicted octanol–water partition coefficient (Wildman–Crippen LogP) is 1.19. The molecule has 0 atom stereocenters. The van der Waals surface area contributed by atoms with Crippen molar-refractivity contribution < 1.29 is 9.53 Å². The van der Waals surface area contributed by atoms with Crippen LogP contribution in [0.5, 0.6) is 0 Å². The molecule has 2 saturated heterocycles. The fourth-order valence-electron chi connectivity index (χ4n) is 3.12. The van der Waals surface area contributed by atoms with Crippen molar-refractivity contribution in [1.29, 1.82) is 5.26 Å². The average Bonchev–Trinajstić information content (AvgIpc) is 2.62. The van der Waals surface area contributed by atoms with E-state index in [2.05, 4.69) is 15.9 Å². The SMILES string of the molecule is N#Cc1cc(Cl)ccc1N1CCN(C(=O)CN2CCOCC2)CC1. The normalized spacial score (nSPS) is 19.2. The standard InChI is InChI=1S/C17H21ClN4O2/c18-15-1-2-16(14(11-15)12-19)21-3-5-22(6-4-21)17(23)13-20-7-9-24-10-8-20/h1-2,11H,3-10,13H2. The Morgan fingerprint density at radius 3 is 2.54 bits per heavy atom. The van der Waals surface area contributed by atoms with Crippen molar-refractivity contribution in [2.45, 2.75) is 0 Å². The van der Waals surface area contributed by atoms with Crippen LogP contribution in [0.1, 0.15) is 5.56 Å². The van der Waals surface area contributed by atoms with Crippen LogP contribution < -0.4 is 4.90 Å². The molecule has 2 heterocycles. The fourth-order valence-corrected chi connectivity index (χ4v) is 3.29. The number of ether oxygens (including phenoxy) is 1. The number of carbonyl (C=O) groups excluding carboxylic acids is 1. The highest BCUT2D eigenvalue weighted by Gasteiger charge is 2.24. The first-order valence-electron chi connectivity index (χ1n) is 8.20. The molecule has 0 unspecified atom stereocenters. The van der Waals surface area contributed by atoms with Gasteiger partial charge in [-0.15, -0.1) is 0 Å². The lowest BCUT2D eigenvalue weighted by molar-refractivity contribution is -0.133. The van der Waals surface area contributed by atoms with Gasteiger partial charge in [-0.3, -0.25) is 9.69 Å². The molecule has 0 bridgehead atoms. The van der Waals surface area contributed by atoms with Crippen molar-refractivity contribution in [2.75, 3.05) is 63.9 Å². The van der Waals surface area contributed by atoms with Gasteiger partial charge >= 0.3 is 0 Å². The molecule has 0 radical (unpaired) electrons. The highest BCUT2D eigenvalue weighted by Crippen LogP contribution is 2.24. The van der Waals surface area contributed by atoms with Gasteiger partial charge in [0.25, 0.3) is 0 Å². The minimum Gasteiger partial charge on any atom is -0.379 e. The number of anilines is 1. The van der Waals surface area contributed by atoms with Crippen molar-refractivity contribution in [3.8, 4) is 6.07 Å². The van der Waals surface area contributed by atoms with Gasteiger partial charge in [0, 0.05) is 44.3 Å². The Hall–Kier alpha value is -1.81. The molecular weight excluding hydrogens is 328 g/mol. The number of morpholine rings is 1. The monoisotopic (exact) mass is 348 g/mol. The van der Waals surface area contributed by atoms with Crippen molar-refractivity contribution in [2.24, 2.45) is 0 Å². The van der Waals surface area contributed by atoms with Crippen molar-refractivity contribution in [1.82, 2.24) is 9.80 Å². The number of halogens is 1. The molecule has 2 fully saturated rings. The number of hydrogen-bond acceptors (Lipinski definition) is 5. The first kappa shape index (κ1) is 17.0. The predicted molar refractivity (Wildman–Crippen MR) is 92.2 cm³/mol. The van der Waals surface area contributed by atoms with Gasteiger partial charge in [0.15, 0.2) is 0 Å². The highest BCUT2D eigenvalue weighted by molar-refractivity contribution is 6.30. The van der Waals surface area contributed by atoms with Gasteiger partial charge in [-0.1, -0.05) is 11.6 Å². The zero-order valence-electron chi connectivity index (χ0n) is 13.6. The lowest BCUT2D eigenvalue weighted by Gasteiger charge is -2.37. The van der Waals surface area contributed by atoms with Crippen LogP contribution in [-0.2, 0) is 9.53 Å². The molecule has 0 aromatic heterocycles. The summed E-state index contributed by atoms with van der Waals surface area (Å²) in [4.78, 5) is 18.6. The van der Waals surface area contributed by atoms with Gasteiger partial charge in [-0.05, 0) is 18.2 Å². The van der Waals surface area contributed by atoms with Crippen molar-refractivity contribution in [3.05, 3.63) is 28.8 Å². The number of amides is 1. The molecule has 3 rings (SSSR count). The second-order valence-corrected chi connectivity index (χ2v) is 6.47. The Labute approximate surface area is 147 Å².